The monoisotopic (exact) mass is 682 g/mol. The van der Waals surface area contributed by atoms with Crippen LogP contribution in [0, 0.1) is 28.2 Å². The molecule has 0 spiro atoms. The van der Waals surface area contributed by atoms with E-state index in [-0.39, 0.29) is 34.9 Å². The van der Waals surface area contributed by atoms with E-state index in [2.05, 4.69) is 60.9 Å². The smallest absolute Gasteiger partial charge is 0.262 e. The van der Waals surface area contributed by atoms with E-state index in [1.165, 1.54) is 0 Å². The summed E-state index contributed by atoms with van der Waals surface area (Å²) < 4.78 is 12.5. The lowest BCUT2D eigenvalue weighted by Crippen LogP contribution is -2.42. The van der Waals surface area contributed by atoms with Crippen LogP contribution in [-0.2, 0) is 14.4 Å². The van der Waals surface area contributed by atoms with Crippen molar-refractivity contribution >= 4 is 45.8 Å². The van der Waals surface area contributed by atoms with E-state index in [0.29, 0.717) is 41.2 Å². The molecular weight excluding hydrogens is 643 g/mol. The Labute approximate surface area is 261 Å². The van der Waals surface area contributed by atoms with Crippen molar-refractivity contribution < 1.29 is 23.9 Å². The van der Waals surface area contributed by atoms with Gasteiger partial charge in [0, 0.05) is 47.0 Å². The fourth-order valence-corrected chi connectivity index (χ4v) is 7.20. The average molecular weight is 683 g/mol. The number of dihydropyridines is 1. The molecule has 42 heavy (non-hydrogen) atoms. The first kappa shape index (κ1) is 30.3. The van der Waals surface area contributed by atoms with Gasteiger partial charge in [-0.25, -0.2) is 0 Å². The first-order valence-electron chi connectivity index (χ1n) is 14.3. The van der Waals surface area contributed by atoms with Gasteiger partial charge in [-0.15, -0.1) is 0 Å². The third-order valence-electron chi connectivity index (χ3n) is 8.44. The maximum atomic E-state index is 13.7. The predicted octanol–water partition coefficient (Wildman–Crippen LogP) is 6.91. The highest BCUT2D eigenvalue weighted by Crippen LogP contribution is 2.52. The third-order valence-corrected chi connectivity index (χ3v) is 9.24. The number of methoxy groups -OCH3 is 1. The molecule has 1 aliphatic heterocycles. The number of halogens is 1. The van der Waals surface area contributed by atoms with Crippen LogP contribution in [0.3, 0.4) is 0 Å². The minimum absolute atomic E-state index is 0.0697. The van der Waals surface area contributed by atoms with E-state index in [4.69, 9.17) is 9.47 Å². The molecule has 0 saturated heterocycles. The highest BCUT2D eigenvalue weighted by Gasteiger charge is 2.46. The van der Waals surface area contributed by atoms with Gasteiger partial charge < -0.3 is 20.1 Å². The number of carbonyl (C=O) groups is 3. The van der Waals surface area contributed by atoms with Gasteiger partial charge in [-0.05, 0) is 101 Å². The number of ketones is 2. The lowest BCUT2D eigenvalue weighted by atomic mass is 9.64. The summed E-state index contributed by atoms with van der Waals surface area (Å²) in [5.41, 5.74) is 6.64. The summed E-state index contributed by atoms with van der Waals surface area (Å²) in [4.78, 5) is 40.1. The Morgan fingerprint density at radius 2 is 1.52 bits per heavy atom. The molecule has 2 aromatic rings. The number of anilines is 1. The van der Waals surface area contributed by atoms with Crippen LogP contribution in [0.4, 0.5) is 5.69 Å². The molecule has 8 heteroatoms. The summed E-state index contributed by atoms with van der Waals surface area (Å²) in [5.74, 6) is 0.273. The number of aryl methyl sites for hydroxylation is 2. The Morgan fingerprint density at radius 3 is 2.07 bits per heavy atom. The van der Waals surface area contributed by atoms with Gasteiger partial charge in [0.05, 0.1) is 10.7 Å². The number of rotatable bonds is 6. The molecule has 7 nitrogen and oxygen atoms in total. The van der Waals surface area contributed by atoms with Crippen molar-refractivity contribution in [3.05, 3.63) is 73.1 Å². The summed E-state index contributed by atoms with van der Waals surface area (Å²) in [5, 5.41) is 6.44. The quantitative estimate of drug-likeness (QED) is 0.322. The van der Waals surface area contributed by atoms with Crippen LogP contribution in [0.5, 0.6) is 11.5 Å². The summed E-state index contributed by atoms with van der Waals surface area (Å²) in [6, 6.07) is 9.56. The van der Waals surface area contributed by atoms with Crippen molar-refractivity contribution in [2.75, 3.05) is 19.0 Å². The molecule has 0 aromatic heterocycles. The largest absolute Gasteiger partial charge is 0.493 e. The highest BCUT2D eigenvalue weighted by molar-refractivity contribution is 14.1. The van der Waals surface area contributed by atoms with Crippen molar-refractivity contribution in [1.29, 1.82) is 0 Å². The van der Waals surface area contributed by atoms with Gasteiger partial charge in [-0.2, -0.15) is 0 Å². The first-order chi connectivity index (χ1) is 19.7. The number of ether oxygens (including phenoxy) is 2. The molecule has 1 amide bonds. The molecule has 2 N–H and O–H groups in total. The zero-order valence-corrected chi connectivity index (χ0v) is 27.6. The van der Waals surface area contributed by atoms with Crippen LogP contribution >= 0.6 is 22.6 Å². The van der Waals surface area contributed by atoms with Gasteiger partial charge in [0.2, 0.25) is 0 Å². The van der Waals surface area contributed by atoms with Crippen LogP contribution in [0.25, 0.3) is 0 Å². The number of allylic oxidation sites excluding steroid dienone is 4. The topological polar surface area (TPSA) is 93.7 Å². The fourth-order valence-electron chi connectivity index (χ4n) is 6.42. The maximum absolute atomic E-state index is 13.7. The Balaban J connectivity index is 1.49. The molecule has 5 rings (SSSR count). The van der Waals surface area contributed by atoms with Crippen LogP contribution in [0.15, 0.2) is 52.9 Å². The molecule has 222 valence electrons. The Hall–Kier alpha value is -3.14. The van der Waals surface area contributed by atoms with E-state index in [0.717, 1.165) is 44.5 Å². The van der Waals surface area contributed by atoms with Crippen LogP contribution in [-0.4, -0.2) is 31.2 Å². The third kappa shape index (κ3) is 6.00. The molecule has 2 aliphatic carbocycles. The Morgan fingerprint density at radius 1 is 0.929 bits per heavy atom. The SMILES string of the molecule is COc1cc(C2C3=C(CC(C)(C)CC3=O)NC3=C2C(=O)CC(C)(C)C3)cc(I)c1OCC(=O)Nc1ccc(C)c(C)c1. The minimum atomic E-state index is -0.479. The second-order valence-electron chi connectivity index (χ2n) is 13.4. The van der Waals surface area contributed by atoms with E-state index < -0.39 is 5.92 Å². The van der Waals surface area contributed by atoms with Crippen molar-refractivity contribution in [1.82, 2.24) is 5.32 Å². The minimum Gasteiger partial charge on any atom is -0.493 e. The summed E-state index contributed by atoms with van der Waals surface area (Å²) in [6.45, 7) is 12.3. The molecule has 0 saturated carbocycles. The van der Waals surface area contributed by atoms with Crippen molar-refractivity contribution in [2.24, 2.45) is 10.8 Å². The normalized spacial score (nSPS) is 19.6. The molecule has 0 fully saturated rings. The standard InChI is InChI=1S/C34H39IN2O5/c1-18-8-9-21(10-19(18)2)36-28(40)17-42-32-22(35)11-20(12-27(32)41-7)29-30-23(13-33(3,4)15-25(30)38)37-24-14-34(5,6)16-26(39)31(24)29/h8-12,29,37H,13-17H2,1-7H3,(H,36,40). The molecule has 0 atom stereocenters. The summed E-state index contributed by atoms with van der Waals surface area (Å²) in [7, 11) is 1.55. The molecule has 0 radical (unpaired) electrons. The number of nitrogens with one attached hydrogen (secondary N) is 2. The van der Waals surface area contributed by atoms with Gasteiger partial charge >= 0.3 is 0 Å². The van der Waals surface area contributed by atoms with Gasteiger partial charge in [-0.3, -0.25) is 14.4 Å². The van der Waals surface area contributed by atoms with E-state index >= 15 is 0 Å². The zero-order valence-electron chi connectivity index (χ0n) is 25.4. The van der Waals surface area contributed by atoms with Crippen LogP contribution < -0.4 is 20.1 Å². The first-order valence-corrected chi connectivity index (χ1v) is 15.4. The van der Waals surface area contributed by atoms with E-state index in [1.54, 1.807) is 7.11 Å². The molecular formula is C34H39IN2O5. The summed E-state index contributed by atoms with van der Waals surface area (Å²) in [6.07, 6.45) is 2.33. The number of amides is 1. The summed E-state index contributed by atoms with van der Waals surface area (Å²) >= 11 is 2.17. The number of hydrogen-bond acceptors (Lipinski definition) is 6. The number of carbonyl (C=O) groups excluding carboxylic acids is 3. The van der Waals surface area contributed by atoms with Crippen LogP contribution in [0.1, 0.15) is 76.0 Å². The van der Waals surface area contributed by atoms with Gasteiger partial charge in [0.1, 0.15) is 0 Å². The lowest BCUT2D eigenvalue weighted by molar-refractivity contribution is -0.119. The number of benzene rings is 2. The number of hydrogen-bond donors (Lipinski definition) is 2. The fraction of sp³-hybridized carbons (Fsp3) is 0.441. The molecule has 1 heterocycles. The van der Waals surface area contributed by atoms with Crippen LogP contribution in [0.2, 0.25) is 0 Å². The molecule has 2 aromatic carbocycles. The average Bonchev–Trinajstić information content (AvgIpc) is 2.87. The second kappa shape index (κ2) is 11.2. The number of Topliss-reactive ketones (excluding diaryl/α,β-unsaturated/α-hetero) is 2. The molecule has 0 bridgehead atoms. The zero-order chi connectivity index (χ0) is 30.6. The van der Waals surface area contributed by atoms with E-state index in [1.807, 2.05) is 44.2 Å². The Bertz CT molecular complexity index is 1510. The Kier molecular flexibility index (Phi) is 8.06. The lowest BCUT2D eigenvalue weighted by Gasteiger charge is -2.44. The van der Waals surface area contributed by atoms with Gasteiger partial charge in [0.25, 0.3) is 5.91 Å². The van der Waals surface area contributed by atoms with Crippen molar-refractivity contribution in [3.63, 3.8) is 0 Å². The van der Waals surface area contributed by atoms with Crippen molar-refractivity contribution in [3.8, 4) is 11.5 Å². The second-order valence-corrected chi connectivity index (χ2v) is 14.6. The molecule has 3 aliphatic rings. The van der Waals surface area contributed by atoms with E-state index in [9.17, 15) is 14.4 Å². The van der Waals surface area contributed by atoms with Gasteiger partial charge in [-0.1, -0.05) is 33.8 Å². The highest BCUT2D eigenvalue weighted by atomic mass is 127. The predicted molar refractivity (Wildman–Crippen MR) is 172 cm³/mol. The van der Waals surface area contributed by atoms with Crippen molar-refractivity contribution in [2.45, 2.75) is 73.1 Å². The maximum Gasteiger partial charge on any atom is 0.262 e. The molecule has 0 unspecified atom stereocenters. The van der Waals surface area contributed by atoms with Gasteiger partial charge in [0.15, 0.2) is 29.7 Å².